The lowest BCUT2D eigenvalue weighted by Gasteiger charge is -2.13. The van der Waals surface area contributed by atoms with Gasteiger partial charge >= 0.3 is 0 Å². The molecule has 0 bridgehead atoms. The van der Waals surface area contributed by atoms with Gasteiger partial charge in [-0.1, -0.05) is 164 Å². The number of hydrogen-bond acceptors (Lipinski definition) is 3. The molecule has 62 heavy (non-hydrogen) atoms. The van der Waals surface area contributed by atoms with Crippen molar-refractivity contribution in [1.29, 1.82) is 0 Å². The van der Waals surface area contributed by atoms with E-state index < -0.39 is 0 Å². The molecule has 0 saturated heterocycles. The molecule has 5 heteroatoms. The first-order chi connectivity index (χ1) is 30.7. The average Bonchev–Trinajstić information content (AvgIpc) is 3.86. The Morgan fingerprint density at radius 3 is 1.56 bits per heavy atom. The van der Waals surface area contributed by atoms with Gasteiger partial charge in [-0.05, 0) is 75.5 Å². The summed E-state index contributed by atoms with van der Waals surface area (Å²) >= 11 is 0. The number of nitrogens with zero attached hydrogens (tertiary/aromatic N) is 5. The Labute approximate surface area is 356 Å². The molecule has 0 radical (unpaired) electrons. The number of benzene rings is 10. The molecule has 3 heterocycles. The predicted octanol–water partition coefficient (Wildman–Crippen LogP) is 14.5. The van der Waals surface area contributed by atoms with Crippen molar-refractivity contribution in [3.05, 3.63) is 212 Å². The van der Waals surface area contributed by atoms with Crippen LogP contribution < -0.4 is 0 Å². The van der Waals surface area contributed by atoms with Crippen molar-refractivity contribution in [2.45, 2.75) is 0 Å². The van der Waals surface area contributed by atoms with E-state index in [2.05, 4.69) is 161 Å². The maximum absolute atomic E-state index is 5.12. The highest BCUT2D eigenvalue weighted by Crippen LogP contribution is 2.40. The summed E-state index contributed by atoms with van der Waals surface area (Å²) in [5.41, 5.74) is 9.82. The molecule has 0 amide bonds. The van der Waals surface area contributed by atoms with E-state index >= 15 is 0 Å². The normalized spacial score (nSPS) is 11.9. The molecule has 0 aliphatic carbocycles. The van der Waals surface area contributed by atoms with E-state index in [0.717, 1.165) is 49.9 Å². The molecule has 10 aromatic carbocycles. The van der Waals surface area contributed by atoms with Crippen LogP contribution in [-0.4, -0.2) is 24.1 Å². The third-order valence-electron chi connectivity index (χ3n) is 12.5. The fraction of sp³-hybridized carbons (Fsp3) is 0. The van der Waals surface area contributed by atoms with Gasteiger partial charge in [-0.15, -0.1) is 0 Å². The summed E-state index contributed by atoms with van der Waals surface area (Å²) in [4.78, 5) is 15.2. The maximum Gasteiger partial charge on any atom is 0.164 e. The van der Waals surface area contributed by atoms with Crippen LogP contribution in [0.3, 0.4) is 0 Å². The molecule has 3 aromatic heterocycles. The van der Waals surface area contributed by atoms with Crippen LogP contribution in [0.1, 0.15) is 0 Å². The number of para-hydroxylation sites is 2. The van der Waals surface area contributed by atoms with E-state index in [9.17, 15) is 0 Å². The van der Waals surface area contributed by atoms with Gasteiger partial charge in [0.1, 0.15) is 0 Å². The Morgan fingerprint density at radius 2 is 0.823 bits per heavy atom. The number of aromatic nitrogens is 5. The summed E-state index contributed by atoms with van der Waals surface area (Å²) < 4.78 is 4.86. The molecular weight excluding hydrogens is 755 g/mol. The Morgan fingerprint density at radius 1 is 0.274 bits per heavy atom. The second kappa shape index (κ2) is 13.6. The lowest BCUT2D eigenvalue weighted by molar-refractivity contribution is 1.08. The maximum atomic E-state index is 5.12. The summed E-state index contributed by atoms with van der Waals surface area (Å²) in [6, 6.07) is 75.8. The molecule has 0 fully saturated rings. The second-order valence-electron chi connectivity index (χ2n) is 16.0. The Balaban J connectivity index is 1.00. The summed E-state index contributed by atoms with van der Waals surface area (Å²) in [5, 5.41) is 12.0. The molecule has 0 atom stereocenters. The van der Waals surface area contributed by atoms with Crippen molar-refractivity contribution in [1.82, 2.24) is 24.1 Å². The number of rotatable bonds is 5. The minimum Gasteiger partial charge on any atom is -0.309 e. The first-order valence-electron chi connectivity index (χ1n) is 21.0. The number of hydrogen-bond donors (Lipinski definition) is 0. The Kier molecular flexibility index (Phi) is 7.54. The van der Waals surface area contributed by atoms with Crippen LogP contribution in [0.15, 0.2) is 212 Å². The van der Waals surface area contributed by atoms with Crippen LogP contribution in [0.4, 0.5) is 0 Å². The van der Waals surface area contributed by atoms with Gasteiger partial charge in [0.05, 0.1) is 22.1 Å². The van der Waals surface area contributed by atoms with E-state index in [1.165, 1.54) is 54.1 Å². The third kappa shape index (κ3) is 5.32. The van der Waals surface area contributed by atoms with Crippen LogP contribution >= 0.6 is 0 Å². The highest BCUT2D eigenvalue weighted by Gasteiger charge is 2.19. The van der Waals surface area contributed by atoms with Crippen LogP contribution in [-0.2, 0) is 0 Å². The van der Waals surface area contributed by atoms with Crippen molar-refractivity contribution < 1.29 is 0 Å². The summed E-state index contributed by atoms with van der Waals surface area (Å²) in [5.74, 6) is 1.93. The molecule has 0 spiro atoms. The summed E-state index contributed by atoms with van der Waals surface area (Å²) in [6.07, 6.45) is 0. The van der Waals surface area contributed by atoms with Crippen LogP contribution in [0, 0.1) is 0 Å². The third-order valence-corrected chi connectivity index (χ3v) is 12.5. The van der Waals surface area contributed by atoms with Crippen molar-refractivity contribution in [3.63, 3.8) is 0 Å². The van der Waals surface area contributed by atoms with E-state index in [1.807, 2.05) is 60.7 Å². The van der Waals surface area contributed by atoms with Gasteiger partial charge in [-0.2, -0.15) is 0 Å². The highest BCUT2D eigenvalue weighted by molar-refractivity contribution is 6.19. The zero-order valence-corrected chi connectivity index (χ0v) is 33.4. The summed E-state index contributed by atoms with van der Waals surface area (Å²) in [7, 11) is 0. The zero-order valence-electron chi connectivity index (χ0n) is 33.4. The van der Waals surface area contributed by atoms with Crippen LogP contribution in [0.2, 0.25) is 0 Å². The molecule has 0 saturated carbocycles. The largest absolute Gasteiger partial charge is 0.309 e. The minimum atomic E-state index is 0.640. The first kappa shape index (κ1) is 34.5. The smallest absolute Gasteiger partial charge is 0.164 e. The summed E-state index contributed by atoms with van der Waals surface area (Å²) in [6.45, 7) is 0. The van der Waals surface area contributed by atoms with Crippen molar-refractivity contribution in [2.24, 2.45) is 0 Å². The number of fused-ring (bicyclic) bond motifs is 10. The van der Waals surface area contributed by atoms with Crippen molar-refractivity contribution in [2.75, 3.05) is 0 Å². The van der Waals surface area contributed by atoms with Crippen molar-refractivity contribution >= 4 is 75.9 Å². The zero-order chi connectivity index (χ0) is 40.7. The van der Waals surface area contributed by atoms with E-state index in [4.69, 9.17) is 15.0 Å². The van der Waals surface area contributed by atoms with Gasteiger partial charge < -0.3 is 9.13 Å². The molecule has 13 rings (SSSR count). The van der Waals surface area contributed by atoms with Gasteiger partial charge in [0.2, 0.25) is 0 Å². The molecule has 5 nitrogen and oxygen atoms in total. The Bertz CT molecular complexity index is 3860. The minimum absolute atomic E-state index is 0.640. The molecule has 0 aliphatic heterocycles. The van der Waals surface area contributed by atoms with E-state index in [-0.39, 0.29) is 0 Å². The molecular formula is C57H35N5. The monoisotopic (exact) mass is 789 g/mol. The SMILES string of the molecule is c1ccc(-c2nc(-c3ccccc3)nc(-c3cccc4ccc(-n5c6ccccc6c6cc7cc(-n8c9ccccc9c9ccc%10ccccc%10c98)ccc7cc65)cc34)n2)cc1. The first-order valence-corrected chi connectivity index (χ1v) is 21.0. The van der Waals surface area contributed by atoms with Gasteiger partial charge in [0, 0.05) is 55.0 Å². The topological polar surface area (TPSA) is 48.5 Å². The molecule has 0 aliphatic rings. The van der Waals surface area contributed by atoms with Gasteiger partial charge in [0.25, 0.3) is 0 Å². The van der Waals surface area contributed by atoms with Crippen LogP contribution in [0.25, 0.3) is 121 Å². The highest BCUT2D eigenvalue weighted by atomic mass is 15.0. The fourth-order valence-electron chi connectivity index (χ4n) is 9.64. The molecule has 13 aromatic rings. The van der Waals surface area contributed by atoms with Crippen molar-refractivity contribution in [3.8, 4) is 45.5 Å². The average molecular weight is 790 g/mol. The van der Waals surface area contributed by atoms with Gasteiger partial charge in [0.15, 0.2) is 17.5 Å². The Hall–Kier alpha value is -8.41. The standard InChI is InChI=1S/C57H35N5/c1-3-15-38(16-4-1)55-58-56(39-17-5-2-6-18-39)60-57(59-55)48-23-13-19-37-26-29-43(35-49(37)48)61-51-24-11-10-22-46(51)50-33-41-32-42(30-27-40(41)34-53(50)61)62-52-25-12-9-21-45(52)47-31-28-36-14-7-8-20-44(36)54(47)62/h1-35H. The second-order valence-corrected chi connectivity index (χ2v) is 16.0. The van der Waals surface area contributed by atoms with E-state index in [1.54, 1.807) is 0 Å². The van der Waals surface area contributed by atoms with Gasteiger partial charge in [-0.25, -0.2) is 15.0 Å². The van der Waals surface area contributed by atoms with E-state index in [0.29, 0.717) is 17.5 Å². The molecule has 288 valence electrons. The van der Waals surface area contributed by atoms with Gasteiger partial charge in [-0.3, -0.25) is 0 Å². The van der Waals surface area contributed by atoms with Crippen LogP contribution in [0.5, 0.6) is 0 Å². The lowest BCUT2D eigenvalue weighted by Crippen LogP contribution is -2.01. The quantitative estimate of drug-likeness (QED) is 0.174. The predicted molar refractivity (Wildman–Crippen MR) is 257 cm³/mol. The molecule has 0 unspecified atom stereocenters. The lowest BCUT2D eigenvalue weighted by atomic mass is 10.0. The fourth-order valence-corrected chi connectivity index (χ4v) is 9.64. The molecule has 0 N–H and O–H groups in total.